The molecule has 0 aromatic heterocycles. The number of aliphatic imine (C=N–C) groups is 1. The zero-order valence-corrected chi connectivity index (χ0v) is 18.5. The predicted octanol–water partition coefficient (Wildman–Crippen LogP) is 2.90. The molecule has 6 heteroatoms. The van der Waals surface area contributed by atoms with Crippen LogP contribution in [0, 0.1) is 5.92 Å². The summed E-state index contributed by atoms with van der Waals surface area (Å²) in [6.07, 6.45) is 3.25. The van der Waals surface area contributed by atoms with Crippen LogP contribution >= 0.6 is 0 Å². The van der Waals surface area contributed by atoms with Crippen LogP contribution in [0.2, 0.25) is 0 Å². The molecular formula is C23H40N4O2. The SMILES string of the molecule is CCNC(=NCC(C)N(C)Cc1ccccc1)NCCCOCC1CCOCC1. The van der Waals surface area contributed by atoms with Crippen LogP contribution in [0.5, 0.6) is 0 Å². The van der Waals surface area contributed by atoms with Gasteiger partial charge in [-0.05, 0) is 51.6 Å². The van der Waals surface area contributed by atoms with Crippen LogP contribution in [0.15, 0.2) is 35.3 Å². The van der Waals surface area contributed by atoms with Crippen molar-refractivity contribution < 1.29 is 9.47 Å². The zero-order chi connectivity index (χ0) is 20.7. The highest BCUT2D eigenvalue weighted by Gasteiger charge is 2.13. The standard InChI is InChI=1S/C23H40N4O2/c1-4-24-23(25-13-8-14-29-19-22-11-15-28-16-12-22)26-17-20(2)27(3)18-21-9-6-5-7-10-21/h5-7,9-10,20,22H,4,8,11-19H2,1-3H3,(H2,24,25,26). The van der Waals surface area contributed by atoms with Crippen LogP contribution < -0.4 is 10.6 Å². The van der Waals surface area contributed by atoms with Gasteiger partial charge in [0.15, 0.2) is 5.96 Å². The molecule has 1 unspecified atom stereocenters. The van der Waals surface area contributed by atoms with E-state index in [1.54, 1.807) is 0 Å². The topological polar surface area (TPSA) is 58.1 Å². The van der Waals surface area contributed by atoms with Crippen LogP contribution in [0.4, 0.5) is 0 Å². The fourth-order valence-electron chi connectivity index (χ4n) is 3.28. The van der Waals surface area contributed by atoms with Gasteiger partial charge in [0.1, 0.15) is 0 Å². The van der Waals surface area contributed by atoms with E-state index in [1.165, 1.54) is 5.56 Å². The van der Waals surface area contributed by atoms with Crippen molar-refractivity contribution in [3.05, 3.63) is 35.9 Å². The summed E-state index contributed by atoms with van der Waals surface area (Å²) in [6, 6.07) is 10.9. The number of rotatable bonds is 12. The molecular weight excluding hydrogens is 364 g/mol. The predicted molar refractivity (Wildman–Crippen MR) is 120 cm³/mol. The molecule has 0 radical (unpaired) electrons. The molecule has 2 rings (SSSR count). The van der Waals surface area contributed by atoms with Crippen molar-refractivity contribution in [2.45, 2.75) is 45.7 Å². The third kappa shape index (κ3) is 10.1. The number of nitrogens with zero attached hydrogens (tertiary/aromatic N) is 2. The van der Waals surface area contributed by atoms with Crippen molar-refractivity contribution in [1.29, 1.82) is 0 Å². The number of hydrogen-bond donors (Lipinski definition) is 2. The normalized spacial score (nSPS) is 16.8. The van der Waals surface area contributed by atoms with Crippen molar-refractivity contribution >= 4 is 5.96 Å². The molecule has 1 aromatic carbocycles. The summed E-state index contributed by atoms with van der Waals surface area (Å²) in [6.45, 7) is 11.2. The van der Waals surface area contributed by atoms with Gasteiger partial charge in [0.2, 0.25) is 0 Å². The molecule has 0 saturated carbocycles. The van der Waals surface area contributed by atoms with Gasteiger partial charge >= 0.3 is 0 Å². The lowest BCUT2D eigenvalue weighted by Gasteiger charge is -2.24. The van der Waals surface area contributed by atoms with Gasteiger partial charge in [0.05, 0.1) is 6.54 Å². The molecule has 1 fully saturated rings. The van der Waals surface area contributed by atoms with E-state index in [1.807, 2.05) is 0 Å². The van der Waals surface area contributed by atoms with E-state index in [4.69, 9.17) is 14.5 Å². The second-order valence-corrected chi connectivity index (χ2v) is 7.88. The van der Waals surface area contributed by atoms with E-state index in [0.717, 1.165) is 77.8 Å². The van der Waals surface area contributed by atoms with Gasteiger partial charge < -0.3 is 20.1 Å². The van der Waals surface area contributed by atoms with E-state index in [2.05, 4.69) is 66.8 Å². The lowest BCUT2D eigenvalue weighted by Crippen LogP contribution is -2.39. The summed E-state index contributed by atoms with van der Waals surface area (Å²) in [5.41, 5.74) is 1.33. The molecule has 1 heterocycles. The van der Waals surface area contributed by atoms with Gasteiger partial charge in [-0.2, -0.15) is 0 Å². The molecule has 0 spiro atoms. The summed E-state index contributed by atoms with van der Waals surface area (Å²) in [5, 5.41) is 6.76. The smallest absolute Gasteiger partial charge is 0.191 e. The molecule has 0 amide bonds. The molecule has 1 aliphatic heterocycles. The first kappa shape index (κ1) is 23.6. The monoisotopic (exact) mass is 404 g/mol. The Kier molecular flexibility index (Phi) is 11.7. The first-order valence-electron chi connectivity index (χ1n) is 11.1. The number of nitrogens with one attached hydrogen (secondary N) is 2. The summed E-state index contributed by atoms with van der Waals surface area (Å²) in [5.74, 6) is 1.56. The first-order valence-corrected chi connectivity index (χ1v) is 11.1. The number of guanidine groups is 1. The Labute approximate surface area is 177 Å². The van der Waals surface area contributed by atoms with Crippen molar-refractivity contribution in [3.63, 3.8) is 0 Å². The fourth-order valence-corrected chi connectivity index (χ4v) is 3.28. The number of ether oxygens (including phenoxy) is 2. The third-order valence-corrected chi connectivity index (χ3v) is 5.34. The maximum absolute atomic E-state index is 5.84. The van der Waals surface area contributed by atoms with Crippen LogP contribution in [0.1, 0.15) is 38.7 Å². The average Bonchev–Trinajstić information content (AvgIpc) is 2.75. The summed E-state index contributed by atoms with van der Waals surface area (Å²) < 4.78 is 11.2. The zero-order valence-electron chi connectivity index (χ0n) is 18.5. The molecule has 29 heavy (non-hydrogen) atoms. The number of benzene rings is 1. The third-order valence-electron chi connectivity index (χ3n) is 5.34. The molecule has 0 aliphatic carbocycles. The molecule has 1 saturated heterocycles. The highest BCUT2D eigenvalue weighted by molar-refractivity contribution is 5.79. The van der Waals surface area contributed by atoms with Gasteiger partial charge in [0, 0.05) is 52.1 Å². The van der Waals surface area contributed by atoms with Crippen molar-refractivity contribution in [3.8, 4) is 0 Å². The largest absolute Gasteiger partial charge is 0.381 e. The Morgan fingerprint density at radius 1 is 1.24 bits per heavy atom. The van der Waals surface area contributed by atoms with Gasteiger partial charge in [-0.1, -0.05) is 30.3 Å². The molecule has 6 nitrogen and oxygen atoms in total. The van der Waals surface area contributed by atoms with Gasteiger partial charge in [-0.25, -0.2) is 0 Å². The van der Waals surface area contributed by atoms with Crippen LogP contribution in [0.25, 0.3) is 0 Å². The van der Waals surface area contributed by atoms with Crippen molar-refractivity contribution in [1.82, 2.24) is 15.5 Å². The molecule has 1 aliphatic rings. The Balaban J connectivity index is 1.63. The Morgan fingerprint density at radius 3 is 2.72 bits per heavy atom. The maximum Gasteiger partial charge on any atom is 0.191 e. The summed E-state index contributed by atoms with van der Waals surface area (Å²) >= 11 is 0. The van der Waals surface area contributed by atoms with E-state index < -0.39 is 0 Å². The quantitative estimate of drug-likeness (QED) is 0.319. The van der Waals surface area contributed by atoms with E-state index in [-0.39, 0.29) is 0 Å². The second-order valence-electron chi connectivity index (χ2n) is 7.88. The minimum Gasteiger partial charge on any atom is -0.381 e. The Bertz CT molecular complexity index is 561. The molecule has 2 N–H and O–H groups in total. The van der Waals surface area contributed by atoms with Crippen molar-refractivity contribution in [2.75, 3.05) is 53.1 Å². The molecule has 164 valence electrons. The minimum absolute atomic E-state index is 0.369. The number of hydrogen-bond acceptors (Lipinski definition) is 4. The maximum atomic E-state index is 5.84. The van der Waals surface area contributed by atoms with E-state index >= 15 is 0 Å². The lowest BCUT2D eigenvalue weighted by atomic mass is 10.0. The van der Waals surface area contributed by atoms with Gasteiger partial charge in [-0.15, -0.1) is 0 Å². The highest BCUT2D eigenvalue weighted by Crippen LogP contribution is 2.14. The van der Waals surface area contributed by atoms with Gasteiger partial charge in [-0.3, -0.25) is 9.89 Å². The highest BCUT2D eigenvalue weighted by atomic mass is 16.5. The van der Waals surface area contributed by atoms with Gasteiger partial charge in [0.25, 0.3) is 0 Å². The fraction of sp³-hybridized carbons (Fsp3) is 0.696. The molecule has 1 aromatic rings. The average molecular weight is 405 g/mol. The van der Waals surface area contributed by atoms with Crippen LogP contribution in [0.3, 0.4) is 0 Å². The lowest BCUT2D eigenvalue weighted by molar-refractivity contribution is 0.0203. The van der Waals surface area contributed by atoms with Crippen molar-refractivity contribution in [2.24, 2.45) is 10.9 Å². The first-order chi connectivity index (χ1) is 14.2. The van der Waals surface area contributed by atoms with Crippen LogP contribution in [-0.2, 0) is 16.0 Å². The van der Waals surface area contributed by atoms with E-state index in [0.29, 0.717) is 12.0 Å². The number of likely N-dealkylation sites (N-methyl/N-ethyl adjacent to an activating group) is 1. The summed E-state index contributed by atoms with van der Waals surface area (Å²) in [7, 11) is 2.16. The molecule has 0 bridgehead atoms. The Morgan fingerprint density at radius 2 is 2.00 bits per heavy atom. The molecule has 1 atom stereocenters. The Hall–Kier alpha value is -1.63. The van der Waals surface area contributed by atoms with Crippen LogP contribution in [-0.4, -0.2) is 70.0 Å². The second kappa shape index (κ2) is 14.4. The van der Waals surface area contributed by atoms with E-state index in [9.17, 15) is 0 Å². The summed E-state index contributed by atoms with van der Waals surface area (Å²) in [4.78, 5) is 7.11. The minimum atomic E-state index is 0.369.